The van der Waals surface area contributed by atoms with E-state index in [4.69, 9.17) is 0 Å². The number of carbonyl (C=O) groups excluding carboxylic acids is 1. The Morgan fingerprint density at radius 2 is 1.32 bits per heavy atom. The van der Waals surface area contributed by atoms with Crippen molar-refractivity contribution in [1.29, 1.82) is 0 Å². The molecule has 0 atom stereocenters. The third kappa shape index (κ3) is 2.46. The second kappa shape index (κ2) is 5.87. The van der Waals surface area contributed by atoms with Gasteiger partial charge < -0.3 is 5.11 Å². The van der Waals surface area contributed by atoms with Crippen LogP contribution in [-0.4, -0.2) is 16.9 Å². The number of hydrogen-bond donors (Lipinski definition) is 1. The average molecular weight is 326 g/mol. The monoisotopic (exact) mass is 326 g/mol. The summed E-state index contributed by atoms with van der Waals surface area (Å²) in [5, 5.41) is 9.30. The van der Waals surface area contributed by atoms with Crippen molar-refractivity contribution in [2.24, 2.45) is 0 Å². The van der Waals surface area contributed by atoms with Crippen LogP contribution in [0.1, 0.15) is 37.4 Å². The van der Waals surface area contributed by atoms with E-state index >= 15 is 0 Å². The molecule has 3 aromatic rings. The number of carboxylic acid groups (broad SMARTS) is 1. The van der Waals surface area contributed by atoms with Gasteiger partial charge in [0.1, 0.15) is 0 Å². The molecule has 1 aliphatic carbocycles. The number of carbonyl (C=O) groups is 2. The Labute approximate surface area is 144 Å². The third-order valence-electron chi connectivity index (χ3n) is 4.38. The number of ketones is 1. The third-order valence-corrected chi connectivity index (χ3v) is 4.38. The van der Waals surface area contributed by atoms with Gasteiger partial charge in [-0.15, -0.1) is 0 Å². The largest absolute Gasteiger partial charge is 0.478 e. The summed E-state index contributed by atoms with van der Waals surface area (Å²) in [4.78, 5) is 24.4. The smallest absolute Gasteiger partial charge is 0.335 e. The lowest BCUT2D eigenvalue weighted by Crippen LogP contribution is -1.99. The van der Waals surface area contributed by atoms with Gasteiger partial charge in [-0.05, 0) is 28.8 Å². The van der Waals surface area contributed by atoms with Crippen molar-refractivity contribution in [2.75, 3.05) is 0 Å². The first kappa shape index (κ1) is 15.1. The van der Waals surface area contributed by atoms with E-state index in [0.29, 0.717) is 11.1 Å². The molecule has 0 radical (unpaired) electrons. The SMILES string of the molecule is O=C(O)c1cccc(C2=C(c3ccccc3)C(=O)c3ccccc32)c1. The molecule has 3 aromatic carbocycles. The highest BCUT2D eigenvalue weighted by Crippen LogP contribution is 2.42. The van der Waals surface area contributed by atoms with Gasteiger partial charge in [0.2, 0.25) is 0 Å². The summed E-state index contributed by atoms with van der Waals surface area (Å²) in [6, 6.07) is 23.7. The fourth-order valence-electron chi connectivity index (χ4n) is 3.27. The van der Waals surface area contributed by atoms with Gasteiger partial charge in [0, 0.05) is 16.7 Å². The van der Waals surface area contributed by atoms with Crippen LogP contribution in [-0.2, 0) is 0 Å². The van der Waals surface area contributed by atoms with Crippen molar-refractivity contribution >= 4 is 22.9 Å². The molecule has 0 saturated heterocycles. The number of aromatic carboxylic acids is 1. The molecule has 1 aliphatic rings. The molecular weight excluding hydrogens is 312 g/mol. The Hall–Kier alpha value is -3.46. The standard InChI is InChI=1S/C22H14O3/c23-21-18-12-5-4-11-17(18)19(20(21)14-7-2-1-3-8-14)15-9-6-10-16(13-15)22(24)25/h1-13H,(H,24,25). The van der Waals surface area contributed by atoms with E-state index in [2.05, 4.69) is 0 Å². The van der Waals surface area contributed by atoms with Crippen LogP contribution in [0.2, 0.25) is 0 Å². The fourth-order valence-corrected chi connectivity index (χ4v) is 3.27. The second-order valence-corrected chi connectivity index (χ2v) is 5.88. The predicted molar refractivity (Wildman–Crippen MR) is 96.5 cm³/mol. The topological polar surface area (TPSA) is 54.4 Å². The molecule has 3 heteroatoms. The molecule has 0 unspecified atom stereocenters. The molecule has 0 spiro atoms. The van der Waals surface area contributed by atoms with Crippen LogP contribution >= 0.6 is 0 Å². The number of Topliss-reactive ketones (excluding diaryl/α,β-unsaturated/α-hetero) is 1. The van der Waals surface area contributed by atoms with Crippen molar-refractivity contribution in [3.8, 4) is 0 Å². The molecule has 0 bridgehead atoms. The summed E-state index contributed by atoms with van der Waals surface area (Å²) in [5.74, 6) is -1.01. The summed E-state index contributed by atoms with van der Waals surface area (Å²) in [6.45, 7) is 0. The van der Waals surface area contributed by atoms with Crippen molar-refractivity contribution in [1.82, 2.24) is 0 Å². The molecule has 0 heterocycles. The first-order valence-corrected chi connectivity index (χ1v) is 7.94. The zero-order valence-corrected chi connectivity index (χ0v) is 13.3. The molecule has 1 N–H and O–H groups in total. The van der Waals surface area contributed by atoms with E-state index in [1.165, 1.54) is 0 Å². The van der Waals surface area contributed by atoms with Gasteiger partial charge in [0.05, 0.1) is 5.56 Å². The Kier molecular flexibility index (Phi) is 3.55. The van der Waals surface area contributed by atoms with Crippen molar-refractivity contribution < 1.29 is 14.7 Å². The minimum atomic E-state index is -0.985. The summed E-state index contributed by atoms with van der Waals surface area (Å²) < 4.78 is 0. The van der Waals surface area contributed by atoms with Crippen molar-refractivity contribution in [2.45, 2.75) is 0 Å². The molecule has 0 saturated carbocycles. The van der Waals surface area contributed by atoms with Gasteiger partial charge >= 0.3 is 5.97 Å². The number of carboxylic acids is 1. The van der Waals surface area contributed by atoms with Crippen LogP contribution < -0.4 is 0 Å². The van der Waals surface area contributed by atoms with Gasteiger partial charge in [-0.25, -0.2) is 4.79 Å². The van der Waals surface area contributed by atoms with Crippen molar-refractivity contribution in [3.63, 3.8) is 0 Å². The Bertz CT molecular complexity index is 1030. The van der Waals surface area contributed by atoms with Crippen LogP contribution in [0.5, 0.6) is 0 Å². The zero-order valence-electron chi connectivity index (χ0n) is 13.3. The molecule has 0 aliphatic heterocycles. The van der Waals surface area contributed by atoms with Gasteiger partial charge in [0.15, 0.2) is 5.78 Å². The maximum Gasteiger partial charge on any atom is 0.335 e. The second-order valence-electron chi connectivity index (χ2n) is 5.88. The van der Waals surface area contributed by atoms with Gasteiger partial charge in [-0.3, -0.25) is 4.79 Å². The summed E-state index contributed by atoms with van der Waals surface area (Å²) >= 11 is 0. The quantitative estimate of drug-likeness (QED) is 0.769. The number of hydrogen-bond acceptors (Lipinski definition) is 2. The predicted octanol–water partition coefficient (Wildman–Crippen LogP) is 4.54. The summed E-state index contributed by atoms with van der Waals surface area (Å²) in [7, 11) is 0. The molecule has 3 nitrogen and oxygen atoms in total. The van der Waals surface area contributed by atoms with Gasteiger partial charge in [-0.2, -0.15) is 0 Å². The maximum atomic E-state index is 13.0. The average Bonchev–Trinajstić information content (AvgIpc) is 2.95. The Morgan fingerprint density at radius 3 is 2.04 bits per heavy atom. The van der Waals surface area contributed by atoms with Crippen LogP contribution in [0, 0.1) is 0 Å². The lowest BCUT2D eigenvalue weighted by atomic mass is 9.93. The molecule has 0 aromatic heterocycles. The normalized spacial score (nSPS) is 13.0. The minimum Gasteiger partial charge on any atom is -0.478 e. The van der Waals surface area contributed by atoms with Crippen molar-refractivity contribution in [3.05, 3.63) is 107 Å². The summed E-state index contributed by atoms with van der Waals surface area (Å²) in [6.07, 6.45) is 0. The highest BCUT2D eigenvalue weighted by molar-refractivity contribution is 6.41. The molecule has 25 heavy (non-hydrogen) atoms. The number of allylic oxidation sites excluding steroid dienone is 1. The maximum absolute atomic E-state index is 13.0. The Morgan fingerprint density at radius 1 is 0.680 bits per heavy atom. The van der Waals surface area contributed by atoms with E-state index in [1.807, 2.05) is 60.7 Å². The van der Waals surface area contributed by atoms with Crippen LogP contribution in [0.25, 0.3) is 11.1 Å². The molecular formula is C22H14O3. The lowest BCUT2D eigenvalue weighted by molar-refractivity contribution is 0.0696. The first-order valence-electron chi connectivity index (χ1n) is 7.94. The molecule has 4 rings (SSSR count). The highest BCUT2D eigenvalue weighted by Gasteiger charge is 2.31. The highest BCUT2D eigenvalue weighted by atomic mass is 16.4. The lowest BCUT2D eigenvalue weighted by Gasteiger charge is -2.09. The van der Waals surface area contributed by atoms with Crippen LogP contribution in [0.4, 0.5) is 0 Å². The van der Waals surface area contributed by atoms with Gasteiger partial charge in [-0.1, -0.05) is 66.7 Å². The van der Waals surface area contributed by atoms with E-state index in [0.717, 1.165) is 22.3 Å². The van der Waals surface area contributed by atoms with E-state index < -0.39 is 5.97 Å². The molecule has 0 amide bonds. The summed E-state index contributed by atoms with van der Waals surface area (Å²) in [5.41, 5.74) is 4.66. The number of rotatable bonds is 3. The number of benzene rings is 3. The van der Waals surface area contributed by atoms with E-state index in [-0.39, 0.29) is 11.3 Å². The Balaban J connectivity index is 2.03. The van der Waals surface area contributed by atoms with E-state index in [9.17, 15) is 14.7 Å². The molecule has 0 fully saturated rings. The number of fused-ring (bicyclic) bond motifs is 1. The van der Waals surface area contributed by atoms with E-state index in [1.54, 1.807) is 18.2 Å². The van der Waals surface area contributed by atoms with Crippen LogP contribution in [0.3, 0.4) is 0 Å². The van der Waals surface area contributed by atoms with Crippen LogP contribution in [0.15, 0.2) is 78.9 Å². The minimum absolute atomic E-state index is 0.0301. The van der Waals surface area contributed by atoms with Gasteiger partial charge in [0.25, 0.3) is 0 Å². The fraction of sp³-hybridized carbons (Fsp3) is 0. The zero-order chi connectivity index (χ0) is 17.4. The molecule has 120 valence electrons. The first-order chi connectivity index (χ1) is 12.2.